The molecule has 0 aliphatic rings. The fourth-order valence-electron chi connectivity index (χ4n) is 7.32. The van der Waals surface area contributed by atoms with Crippen LogP contribution in [0.25, 0.3) is 0 Å². The minimum absolute atomic E-state index is 0.0486. The van der Waals surface area contributed by atoms with E-state index in [9.17, 15) is 19.0 Å². The fraction of sp³-hybridized carbons (Fsp3) is 0.719. The van der Waals surface area contributed by atoms with Crippen LogP contribution in [0.15, 0.2) is 85.1 Å². The molecule has 67 heavy (non-hydrogen) atoms. The highest BCUT2D eigenvalue weighted by atomic mass is 31.2. The number of phosphoric ester groups is 1. The van der Waals surface area contributed by atoms with E-state index >= 15 is 0 Å². The molecule has 386 valence electrons. The van der Waals surface area contributed by atoms with Gasteiger partial charge < -0.3 is 20.1 Å². The first kappa shape index (κ1) is 64.2. The standard InChI is InChI=1S/C57H100NO8P/c1-3-5-7-9-11-13-15-17-19-21-22-23-24-25-26-27-28-29-30-31-32-34-36-38-40-42-44-46-48-50-57(60)66-55(54-65-67(61,62)64-52-51-58)53-63-56(59)49-47-45-43-41-39-37-35-33-20-18-16-14-12-10-8-6-4-2/h5,7,11,13,17,19,22-23,25-26,28-29,31-32,55H,3-4,6,8-10,12,14-16,18,20-21,24,27,30,33-54,58H2,1-2H3,(H,61,62)/b7-5-,13-11-,19-17-,23-22-,26-25-,29-28-,32-31-. The quantitative estimate of drug-likeness (QED) is 0.0264. The van der Waals surface area contributed by atoms with Gasteiger partial charge >= 0.3 is 19.8 Å². The maximum Gasteiger partial charge on any atom is 0.472 e. The van der Waals surface area contributed by atoms with E-state index in [1.807, 2.05) is 0 Å². The third-order valence-electron chi connectivity index (χ3n) is 11.3. The zero-order chi connectivity index (χ0) is 48.8. The molecule has 2 atom stereocenters. The van der Waals surface area contributed by atoms with Gasteiger partial charge in [-0.25, -0.2) is 4.57 Å². The number of carbonyl (C=O) groups is 2. The summed E-state index contributed by atoms with van der Waals surface area (Å²) in [5, 5.41) is 0. The van der Waals surface area contributed by atoms with Gasteiger partial charge in [-0.05, 0) is 70.6 Å². The molecule has 0 aliphatic heterocycles. The summed E-state index contributed by atoms with van der Waals surface area (Å²) in [4.78, 5) is 35.1. The van der Waals surface area contributed by atoms with Crippen LogP contribution in [0.2, 0.25) is 0 Å². The molecule has 0 radical (unpaired) electrons. The molecular weight excluding hydrogens is 858 g/mol. The van der Waals surface area contributed by atoms with Crippen LogP contribution in [0, 0.1) is 0 Å². The van der Waals surface area contributed by atoms with Crippen LogP contribution in [0.1, 0.15) is 232 Å². The zero-order valence-electron chi connectivity index (χ0n) is 42.9. The maximum absolute atomic E-state index is 12.7. The molecule has 10 heteroatoms. The van der Waals surface area contributed by atoms with Crippen LogP contribution in [0.3, 0.4) is 0 Å². The average molecular weight is 958 g/mol. The number of unbranched alkanes of at least 4 members (excludes halogenated alkanes) is 23. The van der Waals surface area contributed by atoms with E-state index < -0.39 is 26.5 Å². The van der Waals surface area contributed by atoms with Crippen molar-refractivity contribution in [2.24, 2.45) is 5.73 Å². The van der Waals surface area contributed by atoms with Gasteiger partial charge in [-0.3, -0.25) is 18.6 Å². The van der Waals surface area contributed by atoms with Crippen LogP contribution < -0.4 is 5.73 Å². The van der Waals surface area contributed by atoms with Crippen molar-refractivity contribution in [3.05, 3.63) is 85.1 Å². The van der Waals surface area contributed by atoms with Gasteiger partial charge in [0.25, 0.3) is 0 Å². The van der Waals surface area contributed by atoms with E-state index in [0.717, 1.165) is 89.9 Å². The SMILES string of the molecule is CC/C=C\C/C=C\C/C=C\C/C=C\C/C=C\C/C=C\C/C=C\CCCCCCCCCC(=O)OC(COC(=O)CCCCCCCCCCCCCCCCCCC)COP(=O)(O)OCCN. The molecule has 0 aromatic heterocycles. The Kier molecular flexibility index (Phi) is 50.4. The van der Waals surface area contributed by atoms with Crippen LogP contribution in [-0.2, 0) is 32.7 Å². The lowest BCUT2D eigenvalue weighted by Gasteiger charge is -2.19. The van der Waals surface area contributed by atoms with Gasteiger partial charge in [-0.15, -0.1) is 0 Å². The smallest absolute Gasteiger partial charge is 0.462 e. The molecule has 0 amide bonds. The predicted octanol–water partition coefficient (Wildman–Crippen LogP) is 16.7. The van der Waals surface area contributed by atoms with E-state index in [4.69, 9.17) is 24.3 Å². The lowest BCUT2D eigenvalue weighted by molar-refractivity contribution is -0.161. The summed E-state index contributed by atoms with van der Waals surface area (Å²) in [5.74, 6) is -0.838. The van der Waals surface area contributed by atoms with Crippen LogP contribution in [0.4, 0.5) is 0 Å². The number of ether oxygens (including phenoxy) is 2. The van der Waals surface area contributed by atoms with Gasteiger partial charge in [0, 0.05) is 19.4 Å². The lowest BCUT2D eigenvalue weighted by atomic mass is 10.0. The number of rotatable bonds is 50. The largest absolute Gasteiger partial charge is 0.472 e. The average Bonchev–Trinajstić information content (AvgIpc) is 3.32. The number of phosphoric acid groups is 1. The number of hydrogen-bond donors (Lipinski definition) is 2. The van der Waals surface area contributed by atoms with Crippen molar-refractivity contribution in [2.75, 3.05) is 26.4 Å². The summed E-state index contributed by atoms with van der Waals surface area (Å²) in [6, 6.07) is 0. The molecule has 0 saturated heterocycles. The van der Waals surface area contributed by atoms with E-state index in [0.29, 0.717) is 6.42 Å². The summed E-state index contributed by atoms with van der Waals surface area (Å²) >= 11 is 0. The summed E-state index contributed by atoms with van der Waals surface area (Å²) in [6.45, 7) is 3.63. The topological polar surface area (TPSA) is 134 Å². The molecule has 0 rings (SSSR count). The zero-order valence-corrected chi connectivity index (χ0v) is 43.8. The highest BCUT2D eigenvalue weighted by Crippen LogP contribution is 2.43. The minimum atomic E-state index is -4.39. The van der Waals surface area contributed by atoms with Crippen molar-refractivity contribution in [3.63, 3.8) is 0 Å². The Morgan fingerprint density at radius 2 is 0.821 bits per heavy atom. The molecule has 0 aromatic rings. The fourth-order valence-corrected chi connectivity index (χ4v) is 8.09. The third-order valence-corrected chi connectivity index (χ3v) is 12.3. The molecule has 0 bridgehead atoms. The minimum Gasteiger partial charge on any atom is -0.462 e. The first-order valence-corrected chi connectivity index (χ1v) is 28.6. The highest BCUT2D eigenvalue weighted by molar-refractivity contribution is 7.47. The number of esters is 2. The van der Waals surface area contributed by atoms with Crippen molar-refractivity contribution in [2.45, 2.75) is 238 Å². The summed E-state index contributed by atoms with van der Waals surface area (Å²) in [6.07, 6.45) is 67.6. The van der Waals surface area contributed by atoms with Crippen LogP contribution >= 0.6 is 7.82 Å². The highest BCUT2D eigenvalue weighted by Gasteiger charge is 2.26. The summed E-state index contributed by atoms with van der Waals surface area (Å²) in [5.41, 5.74) is 5.37. The summed E-state index contributed by atoms with van der Waals surface area (Å²) in [7, 11) is -4.39. The van der Waals surface area contributed by atoms with Gasteiger partial charge in [-0.1, -0.05) is 234 Å². The van der Waals surface area contributed by atoms with Gasteiger partial charge in [0.1, 0.15) is 6.61 Å². The first-order chi connectivity index (χ1) is 32.8. The molecule has 0 heterocycles. The van der Waals surface area contributed by atoms with E-state index in [2.05, 4.69) is 98.9 Å². The second-order valence-corrected chi connectivity index (χ2v) is 19.2. The number of allylic oxidation sites excluding steroid dienone is 14. The molecule has 0 fully saturated rings. The second-order valence-electron chi connectivity index (χ2n) is 17.7. The van der Waals surface area contributed by atoms with Gasteiger partial charge in [0.15, 0.2) is 6.10 Å². The van der Waals surface area contributed by atoms with E-state index in [-0.39, 0.29) is 38.6 Å². The first-order valence-electron chi connectivity index (χ1n) is 27.1. The lowest BCUT2D eigenvalue weighted by Crippen LogP contribution is -2.29. The normalized spacial score (nSPS) is 13.8. The van der Waals surface area contributed by atoms with Crippen molar-refractivity contribution in [1.29, 1.82) is 0 Å². The summed E-state index contributed by atoms with van der Waals surface area (Å²) < 4.78 is 33.0. The molecule has 2 unspecified atom stereocenters. The van der Waals surface area contributed by atoms with Crippen LogP contribution in [-0.4, -0.2) is 49.3 Å². The molecule has 0 spiro atoms. The van der Waals surface area contributed by atoms with Crippen molar-refractivity contribution in [3.8, 4) is 0 Å². The van der Waals surface area contributed by atoms with E-state index in [1.54, 1.807) is 0 Å². The Morgan fingerprint density at radius 3 is 1.22 bits per heavy atom. The monoisotopic (exact) mass is 958 g/mol. The number of carbonyl (C=O) groups excluding carboxylic acids is 2. The van der Waals surface area contributed by atoms with Crippen molar-refractivity contribution in [1.82, 2.24) is 0 Å². The Labute approximate surface area is 411 Å². The molecule has 0 aliphatic carbocycles. The van der Waals surface area contributed by atoms with Crippen LogP contribution in [0.5, 0.6) is 0 Å². The maximum atomic E-state index is 12.7. The van der Waals surface area contributed by atoms with Gasteiger partial charge in [-0.2, -0.15) is 0 Å². The van der Waals surface area contributed by atoms with Gasteiger partial charge in [0.05, 0.1) is 13.2 Å². The molecule has 0 aromatic carbocycles. The molecule has 0 saturated carbocycles. The number of nitrogens with two attached hydrogens (primary N) is 1. The molecule has 9 nitrogen and oxygen atoms in total. The second kappa shape index (κ2) is 52.6. The predicted molar refractivity (Wildman–Crippen MR) is 284 cm³/mol. The third kappa shape index (κ3) is 52.4. The Balaban J connectivity index is 4.06. The number of hydrogen-bond acceptors (Lipinski definition) is 8. The Morgan fingerprint density at radius 1 is 0.463 bits per heavy atom. The van der Waals surface area contributed by atoms with Crippen molar-refractivity contribution < 1.29 is 37.6 Å². The Bertz CT molecular complexity index is 1370. The van der Waals surface area contributed by atoms with Crippen molar-refractivity contribution >= 4 is 19.8 Å². The molecular formula is C57H100NO8P. The Hall–Kier alpha value is -2.81. The van der Waals surface area contributed by atoms with Gasteiger partial charge in [0.2, 0.25) is 0 Å². The van der Waals surface area contributed by atoms with E-state index in [1.165, 1.54) is 109 Å². The molecule has 3 N–H and O–H groups in total.